The van der Waals surface area contributed by atoms with Crippen LogP contribution in [0, 0.1) is 0 Å². The number of nitrogens with one attached hydrogen (secondary N) is 1. The number of amides is 1. The van der Waals surface area contributed by atoms with Crippen molar-refractivity contribution < 1.29 is 22.7 Å². The number of carbonyl (C=O) groups excluding carboxylic acids is 2. The van der Waals surface area contributed by atoms with Crippen LogP contribution in [-0.2, 0) is 19.6 Å². The highest BCUT2D eigenvalue weighted by Crippen LogP contribution is 2.25. The molecule has 0 saturated heterocycles. The van der Waals surface area contributed by atoms with E-state index in [1.165, 1.54) is 26.2 Å². The van der Waals surface area contributed by atoms with Gasteiger partial charge >= 0.3 is 5.97 Å². The zero-order valence-corrected chi connectivity index (χ0v) is 16.7. The first-order valence-corrected chi connectivity index (χ1v) is 9.75. The summed E-state index contributed by atoms with van der Waals surface area (Å²) >= 11 is 11.7. The highest BCUT2D eigenvalue weighted by molar-refractivity contribution is 7.89. The summed E-state index contributed by atoms with van der Waals surface area (Å²) in [6.45, 7) is -0.552. The quantitative estimate of drug-likeness (QED) is 0.710. The summed E-state index contributed by atoms with van der Waals surface area (Å²) in [6, 6.07) is 10.2. The number of anilines is 1. The molecule has 7 nitrogen and oxygen atoms in total. The van der Waals surface area contributed by atoms with Crippen LogP contribution in [0.2, 0.25) is 10.0 Å². The van der Waals surface area contributed by atoms with E-state index >= 15 is 0 Å². The van der Waals surface area contributed by atoms with Crippen LogP contribution in [0.15, 0.2) is 47.4 Å². The Morgan fingerprint density at radius 2 is 1.81 bits per heavy atom. The first-order chi connectivity index (χ1) is 12.6. The summed E-state index contributed by atoms with van der Waals surface area (Å²) in [5, 5.41) is 2.94. The highest BCUT2D eigenvalue weighted by atomic mass is 35.5. The zero-order chi connectivity index (χ0) is 20.2. The minimum Gasteiger partial charge on any atom is -0.452 e. The molecule has 10 heteroatoms. The maximum Gasteiger partial charge on any atom is 0.338 e. The summed E-state index contributed by atoms with van der Waals surface area (Å²) in [5.74, 6) is -1.43. The standard InChI is InChI=1S/C17H16Cl2N2O5S/c1-21(2)27(24,25)15-8-11(6-7-14(15)19)17(23)26-10-16(22)20-13-5-3-4-12(18)9-13/h3-9H,10H2,1-2H3,(H,20,22). The number of esters is 1. The second-order valence-corrected chi connectivity index (χ2v) is 8.53. The Balaban J connectivity index is 2.07. The van der Waals surface area contributed by atoms with Crippen molar-refractivity contribution in [3.8, 4) is 0 Å². The summed E-state index contributed by atoms with van der Waals surface area (Å²) in [6.07, 6.45) is 0. The van der Waals surface area contributed by atoms with E-state index < -0.39 is 28.5 Å². The molecule has 0 radical (unpaired) electrons. The van der Waals surface area contributed by atoms with Gasteiger partial charge in [0.15, 0.2) is 6.61 Å². The average Bonchev–Trinajstić information content (AvgIpc) is 2.59. The maximum atomic E-state index is 12.2. The topological polar surface area (TPSA) is 92.8 Å². The monoisotopic (exact) mass is 430 g/mol. The fraction of sp³-hybridized carbons (Fsp3) is 0.176. The maximum absolute atomic E-state index is 12.2. The van der Waals surface area contributed by atoms with Crippen molar-refractivity contribution in [1.82, 2.24) is 4.31 Å². The van der Waals surface area contributed by atoms with Crippen molar-refractivity contribution in [1.29, 1.82) is 0 Å². The normalized spacial score (nSPS) is 11.3. The molecule has 0 aliphatic heterocycles. The Hall–Kier alpha value is -2.13. The van der Waals surface area contributed by atoms with Crippen LogP contribution in [0.25, 0.3) is 0 Å². The lowest BCUT2D eigenvalue weighted by atomic mass is 10.2. The summed E-state index contributed by atoms with van der Waals surface area (Å²) < 4.78 is 30.4. The number of carbonyl (C=O) groups is 2. The molecule has 0 aliphatic carbocycles. The van der Waals surface area contributed by atoms with Gasteiger partial charge in [-0.1, -0.05) is 29.3 Å². The van der Waals surface area contributed by atoms with Gasteiger partial charge in [0.2, 0.25) is 10.0 Å². The SMILES string of the molecule is CN(C)S(=O)(=O)c1cc(C(=O)OCC(=O)Nc2cccc(Cl)c2)ccc1Cl. The zero-order valence-electron chi connectivity index (χ0n) is 14.4. The lowest BCUT2D eigenvalue weighted by Gasteiger charge is -2.13. The first-order valence-electron chi connectivity index (χ1n) is 7.56. The summed E-state index contributed by atoms with van der Waals surface area (Å²) in [7, 11) is -1.15. The smallest absolute Gasteiger partial charge is 0.338 e. The lowest BCUT2D eigenvalue weighted by molar-refractivity contribution is -0.119. The molecule has 27 heavy (non-hydrogen) atoms. The molecule has 0 spiro atoms. The molecular formula is C17H16Cl2N2O5S. The lowest BCUT2D eigenvalue weighted by Crippen LogP contribution is -2.23. The number of hydrogen-bond donors (Lipinski definition) is 1. The van der Waals surface area contributed by atoms with Gasteiger partial charge < -0.3 is 10.1 Å². The minimum absolute atomic E-state index is 0.0288. The van der Waals surface area contributed by atoms with E-state index in [9.17, 15) is 18.0 Å². The van der Waals surface area contributed by atoms with Crippen molar-refractivity contribution in [2.45, 2.75) is 4.90 Å². The van der Waals surface area contributed by atoms with Gasteiger partial charge in [-0.2, -0.15) is 0 Å². The van der Waals surface area contributed by atoms with Crippen molar-refractivity contribution in [3.05, 3.63) is 58.1 Å². The first kappa shape index (κ1) is 21.2. The van der Waals surface area contributed by atoms with Gasteiger partial charge in [0.05, 0.1) is 10.6 Å². The van der Waals surface area contributed by atoms with Crippen LogP contribution >= 0.6 is 23.2 Å². The Morgan fingerprint density at radius 3 is 2.44 bits per heavy atom. The van der Waals surface area contributed by atoms with Gasteiger partial charge in [0, 0.05) is 24.8 Å². The molecule has 0 heterocycles. The van der Waals surface area contributed by atoms with Crippen molar-refractivity contribution in [2.24, 2.45) is 0 Å². The van der Waals surface area contributed by atoms with Crippen molar-refractivity contribution in [2.75, 3.05) is 26.0 Å². The molecule has 2 aromatic rings. The molecule has 2 aromatic carbocycles. The van der Waals surface area contributed by atoms with Crippen LogP contribution in [0.1, 0.15) is 10.4 Å². The number of nitrogens with zero attached hydrogens (tertiary/aromatic N) is 1. The summed E-state index contributed by atoms with van der Waals surface area (Å²) in [4.78, 5) is 23.8. The third kappa shape index (κ3) is 5.43. The van der Waals surface area contributed by atoms with E-state index in [2.05, 4.69) is 5.32 Å². The van der Waals surface area contributed by atoms with E-state index in [4.69, 9.17) is 27.9 Å². The third-order valence-corrected chi connectivity index (χ3v) is 5.90. The number of sulfonamides is 1. The number of rotatable bonds is 6. The second kappa shape index (κ2) is 8.71. The van der Waals surface area contributed by atoms with Crippen LogP contribution in [0.5, 0.6) is 0 Å². The minimum atomic E-state index is -3.84. The molecule has 1 amide bonds. The predicted octanol–water partition coefficient (Wildman–Crippen LogP) is 3.04. The van der Waals surface area contributed by atoms with Gasteiger partial charge in [0.25, 0.3) is 5.91 Å². The van der Waals surface area contributed by atoms with Crippen LogP contribution in [-0.4, -0.2) is 45.3 Å². The van der Waals surface area contributed by atoms with E-state index in [1.807, 2.05) is 0 Å². The Kier molecular flexibility index (Phi) is 6.83. The number of halogens is 2. The number of benzene rings is 2. The Bertz CT molecular complexity index is 977. The van der Waals surface area contributed by atoms with Crippen molar-refractivity contribution in [3.63, 3.8) is 0 Å². The van der Waals surface area contributed by atoms with Gasteiger partial charge in [0.1, 0.15) is 4.90 Å². The van der Waals surface area contributed by atoms with Gasteiger partial charge in [-0.3, -0.25) is 4.79 Å². The fourth-order valence-corrected chi connectivity index (χ4v) is 3.59. The Morgan fingerprint density at radius 1 is 1.11 bits per heavy atom. The molecule has 0 unspecified atom stereocenters. The molecule has 0 fully saturated rings. The van der Waals surface area contributed by atoms with E-state index in [1.54, 1.807) is 24.3 Å². The number of hydrogen-bond acceptors (Lipinski definition) is 5. The van der Waals surface area contributed by atoms with Crippen LogP contribution in [0.3, 0.4) is 0 Å². The Labute approximate surface area is 166 Å². The average molecular weight is 431 g/mol. The van der Waals surface area contributed by atoms with Gasteiger partial charge in [-0.15, -0.1) is 0 Å². The molecular weight excluding hydrogens is 415 g/mol. The van der Waals surface area contributed by atoms with E-state index in [0.717, 1.165) is 10.4 Å². The molecule has 0 bridgehead atoms. The molecule has 1 N–H and O–H groups in total. The van der Waals surface area contributed by atoms with E-state index in [0.29, 0.717) is 10.7 Å². The predicted molar refractivity (Wildman–Crippen MR) is 103 cm³/mol. The largest absolute Gasteiger partial charge is 0.452 e. The number of ether oxygens (including phenoxy) is 1. The van der Waals surface area contributed by atoms with Crippen LogP contribution < -0.4 is 5.32 Å². The van der Waals surface area contributed by atoms with Crippen LogP contribution in [0.4, 0.5) is 5.69 Å². The highest BCUT2D eigenvalue weighted by Gasteiger charge is 2.23. The second-order valence-electron chi connectivity index (χ2n) is 5.57. The van der Waals surface area contributed by atoms with Gasteiger partial charge in [-0.25, -0.2) is 17.5 Å². The molecule has 0 aromatic heterocycles. The molecule has 0 atom stereocenters. The van der Waals surface area contributed by atoms with Crippen molar-refractivity contribution >= 4 is 50.8 Å². The summed E-state index contributed by atoms with van der Waals surface area (Å²) in [5.41, 5.74) is 0.407. The molecule has 2 rings (SSSR count). The van der Waals surface area contributed by atoms with E-state index in [-0.39, 0.29) is 15.5 Å². The fourth-order valence-electron chi connectivity index (χ4n) is 2.00. The molecule has 0 saturated carbocycles. The molecule has 0 aliphatic rings. The molecule has 144 valence electrons. The third-order valence-electron chi connectivity index (χ3n) is 3.37. The van der Waals surface area contributed by atoms with Gasteiger partial charge in [-0.05, 0) is 36.4 Å².